The van der Waals surface area contributed by atoms with Gasteiger partial charge < -0.3 is 10.3 Å². The van der Waals surface area contributed by atoms with Gasteiger partial charge in [0.1, 0.15) is 0 Å². The van der Waals surface area contributed by atoms with Crippen LogP contribution in [0.3, 0.4) is 0 Å². The largest absolute Gasteiger partial charge is 0.358 e. The number of aromatic amines is 1. The number of carbonyl (C=O) groups is 1. The molecule has 0 atom stereocenters. The number of fused-ring (bicyclic) bond motifs is 1. The molecule has 5 rings (SSSR count). The molecule has 7 heteroatoms. The molecule has 0 aliphatic heterocycles. The van der Waals surface area contributed by atoms with Crippen molar-refractivity contribution in [2.75, 3.05) is 0 Å². The van der Waals surface area contributed by atoms with Gasteiger partial charge in [0.25, 0.3) is 0 Å². The fourth-order valence-electron chi connectivity index (χ4n) is 4.60. The van der Waals surface area contributed by atoms with E-state index in [1.54, 1.807) is 18.6 Å². The molecule has 31 heavy (non-hydrogen) atoms. The molecule has 0 bridgehead atoms. The van der Waals surface area contributed by atoms with Gasteiger partial charge in [0, 0.05) is 46.8 Å². The van der Waals surface area contributed by atoms with Gasteiger partial charge >= 0.3 is 0 Å². The zero-order valence-electron chi connectivity index (χ0n) is 17.6. The van der Waals surface area contributed by atoms with E-state index in [1.165, 1.54) is 0 Å². The van der Waals surface area contributed by atoms with E-state index in [9.17, 15) is 4.79 Å². The molecule has 0 saturated heterocycles. The van der Waals surface area contributed by atoms with Crippen LogP contribution >= 0.6 is 0 Å². The number of rotatable bonds is 5. The Balaban J connectivity index is 1.17. The molecule has 1 amide bonds. The lowest BCUT2D eigenvalue weighted by molar-refractivity contribution is -0.121. The van der Waals surface area contributed by atoms with E-state index in [0.29, 0.717) is 12.5 Å². The third-order valence-electron chi connectivity index (χ3n) is 6.26. The SMILES string of the molecule is Cc1[nH]c2ccccc2c1CC(=O)NC1CCC(n2cc(-c3cnccn3)cn2)CC1. The predicted molar refractivity (Wildman–Crippen MR) is 119 cm³/mol. The fourth-order valence-corrected chi connectivity index (χ4v) is 4.60. The Labute approximate surface area is 180 Å². The highest BCUT2D eigenvalue weighted by molar-refractivity contribution is 5.90. The van der Waals surface area contributed by atoms with Crippen molar-refractivity contribution in [2.45, 2.75) is 51.1 Å². The first kappa shape index (κ1) is 19.5. The van der Waals surface area contributed by atoms with Crippen molar-refractivity contribution in [2.24, 2.45) is 0 Å². The molecule has 0 unspecified atom stereocenters. The van der Waals surface area contributed by atoms with Crippen molar-refractivity contribution in [1.82, 2.24) is 30.0 Å². The van der Waals surface area contributed by atoms with Crippen LogP contribution in [0.1, 0.15) is 43.0 Å². The van der Waals surface area contributed by atoms with Gasteiger partial charge in [-0.15, -0.1) is 0 Å². The van der Waals surface area contributed by atoms with Gasteiger partial charge in [-0.2, -0.15) is 5.10 Å². The van der Waals surface area contributed by atoms with E-state index in [0.717, 1.165) is 59.1 Å². The summed E-state index contributed by atoms with van der Waals surface area (Å²) in [7, 11) is 0. The van der Waals surface area contributed by atoms with Gasteiger partial charge in [0.15, 0.2) is 0 Å². The maximum absolute atomic E-state index is 12.7. The molecule has 1 aliphatic carbocycles. The van der Waals surface area contributed by atoms with E-state index in [-0.39, 0.29) is 11.9 Å². The Hall–Kier alpha value is -3.48. The van der Waals surface area contributed by atoms with Gasteiger partial charge in [-0.1, -0.05) is 18.2 Å². The average molecular weight is 415 g/mol. The zero-order valence-corrected chi connectivity index (χ0v) is 17.6. The molecule has 2 N–H and O–H groups in total. The van der Waals surface area contributed by atoms with E-state index in [4.69, 9.17) is 0 Å². The number of nitrogens with zero attached hydrogens (tertiary/aromatic N) is 4. The van der Waals surface area contributed by atoms with Crippen molar-refractivity contribution in [1.29, 1.82) is 0 Å². The van der Waals surface area contributed by atoms with Crippen molar-refractivity contribution in [3.8, 4) is 11.3 Å². The fraction of sp³-hybridized carbons (Fsp3) is 0.333. The second kappa shape index (κ2) is 8.34. The normalized spacial score (nSPS) is 18.9. The van der Waals surface area contributed by atoms with Crippen LogP contribution in [0.4, 0.5) is 0 Å². The number of carbonyl (C=O) groups excluding carboxylic acids is 1. The number of hydrogen-bond acceptors (Lipinski definition) is 4. The lowest BCUT2D eigenvalue weighted by Gasteiger charge is -2.29. The Morgan fingerprint density at radius 3 is 2.81 bits per heavy atom. The summed E-state index contributed by atoms with van der Waals surface area (Å²) < 4.78 is 2.04. The lowest BCUT2D eigenvalue weighted by Crippen LogP contribution is -2.38. The summed E-state index contributed by atoms with van der Waals surface area (Å²) in [6, 6.07) is 8.74. The van der Waals surface area contributed by atoms with Crippen LogP contribution in [0.5, 0.6) is 0 Å². The molecular weight excluding hydrogens is 388 g/mol. The van der Waals surface area contributed by atoms with Gasteiger partial charge in [0.05, 0.1) is 30.6 Å². The number of amides is 1. The molecule has 158 valence electrons. The van der Waals surface area contributed by atoms with E-state index in [1.807, 2.05) is 36.1 Å². The molecule has 1 aliphatic rings. The maximum atomic E-state index is 12.7. The summed E-state index contributed by atoms with van der Waals surface area (Å²) in [5.74, 6) is 0.0975. The Morgan fingerprint density at radius 2 is 2.00 bits per heavy atom. The summed E-state index contributed by atoms with van der Waals surface area (Å²) in [6.45, 7) is 2.03. The minimum Gasteiger partial charge on any atom is -0.358 e. The average Bonchev–Trinajstić information content (AvgIpc) is 3.40. The molecule has 1 aromatic carbocycles. The van der Waals surface area contributed by atoms with Crippen LogP contribution in [0, 0.1) is 6.92 Å². The summed E-state index contributed by atoms with van der Waals surface area (Å²) in [6.07, 6.45) is 13.3. The highest BCUT2D eigenvalue weighted by Gasteiger charge is 2.24. The minimum absolute atomic E-state index is 0.0975. The van der Waals surface area contributed by atoms with Crippen LogP contribution in [0.2, 0.25) is 0 Å². The summed E-state index contributed by atoms with van der Waals surface area (Å²) >= 11 is 0. The number of hydrogen-bond donors (Lipinski definition) is 2. The number of nitrogens with one attached hydrogen (secondary N) is 2. The lowest BCUT2D eigenvalue weighted by atomic mass is 9.91. The molecule has 0 spiro atoms. The Bertz CT molecular complexity index is 1190. The minimum atomic E-state index is 0.0975. The quantitative estimate of drug-likeness (QED) is 0.517. The van der Waals surface area contributed by atoms with Crippen LogP contribution in [-0.2, 0) is 11.2 Å². The number of aryl methyl sites for hydroxylation is 1. The standard InChI is InChI=1S/C24H26N6O/c1-16-21(20-4-2-3-5-22(20)28-16)12-24(31)29-18-6-8-19(9-7-18)30-15-17(13-27-30)23-14-25-10-11-26-23/h2-5,10-11,13-15,18-19,28H,6-9,12H2,1H3,(H,29,31). The van der Waals surface area contributed by atoms with Gasteiger partial charge in [0.2, 0.25) is 5.91 Å². The van der Waals surface area contributed by atoms with E-state index in [2.05, 4.69) is 37.5 Å². The first-order chi connectivity index (χ1) is 15.2. The number of aromatic nitrogens is 5. The van der Waals surface area contributed by atoms with Gasteiger partial charge in [-0.3, -0.25) is 19.4 Å². The molecule has 3 heterocycles. The second-order valence-electron chi connectivity index (χ2n) is 8.32. The smallest absolute Gasteiger partial charge is 0.224 e. The summed E-state index contributed by atoms with van der Waals surface area (Å²) in [5, 5.41) is 8.94. The first-order valence-corrected chi connectivity index (χ1v) is 10.8. The first-order valence-electron chi connectivity index (χ1n) is 10.8. The molecule has 7 nitrogen and oxygen atoms in total. The topological polar surface area (TPSA) is 88.5 Å². The van der Waals surface area contributed by atoms with Crippen LogP contribution in [0.25, 0.3) is 22.2 Å². The number of para-hydroxylation sites is 1. The van der Waals surface area contributed by atoms with Gasteiger partial charge in [-0.05, 0) is 44.2 Å². The highest BCUT2D eigenvalue weighted by atomic mass is 16.1. The number of H-pyrrole nitrogens is 1. The third-order valence-corrected chi connectivity index (χ3v) is 6.26. The molecule has 1 fully saturated rings. The Morgan fingerprint density at radius 1 is 1.16 bits per heavy atom. The van der Waals surface area contributed by atoms with Crippen molar-refractivity contribution < 1.29 is 4.79 Å². The van der Waals surface area contributed by atoms with E-state index < -0.39 is 0 Å². The number of benzene rings is 1. The van der Waals surface area contributed by atoms with Crippen LogP contribution < -0.4 is 5.32 Å². The van der Waals surface area contributed by atoms with Crippen molar-refractivity contribution in [3.05, 3.63) is 66.5 Å². The molecule has 3 aromatic heterocycles. The molecule has 1 saturated carbocycles. The predicted octanol–water partition coefficient (Wildman–Crippen LogP) is 3.97. The van der Waals surface area contributed by atoms with Crippen LogP contribution in [-0.4, -0.2) is 36.7 Å². The van der Waals surface area contributed by atoms with Crippen molar-refractivity contribution >= 4 is 16.8 Å². The molecule has 4 aromatic rings. The van der Waals surface area contributed by atoms with E-state index >= 15 is 0 Å². The zero-order chi connectivity index (χ0) is 21.2. The van der Waals surface area contributed by atoms with Crippen molar-refractivity contribution in [3.63, 3.8) is 0 Å². The second-order valence-corrected chi connectivity index (χ2v) is 8.32. The Kier molecular flexibility index (Phi) is 5.24. The maximum Gasteiger partial charge on any atom is 0.224 e. The summed E-state index contributed by atoms with van der Waals surface area (Å²) in [4.78, 5) is 24.6. The van der Waals surface area contributed by atoms with Crippen LogP contribution in [0.15, 0.2) is 55.2 Å². The molecular formula is C24H26N6O. The third kappa shape index (κ3) is 4.08. The highest BCUT2D eigenvalue weighted by Crippen LogP contribution is 2.29. The van der Waals surface area contributed by atoms with Gasteiger partial charge in [-0.25, -0.2) is 0 Å². The molecule has 0 radical (unpaired) electrons. The summed E-state index contributed by atoms with van der Waals surface area (Å²) in [5.41, 5.74) is 5.07. The monoisotopic (exact) mass is 414 g/mol.